The van der Waals surface area contributed by atoms with Crippen molar-refractivity contribution in [2.75, 3.05) is 13.1 Å². The number of nitrogens with one attached hydrogen (secondary N) is 1. The van der Waals surface area contributed by atoms with Gasteiger partial charge in [0.15, 0.2) is 0 Å². The van der Waals surface area contributed by atoms with Crippen LogP contribution in [0.2, 0.25) is 0 Å². The molecule has 1 fully saturated rings. The first kappa shape index (κ1) is 20.0. The fraction of sp³-hybridized carbons (Fsp3) is 0.455. The molecule has 2 atom stereocenters. The maximum absolute atomic E-state index is 12.4. The Kier molecular flexibility index (Phi) is 6.39. The minimum atomic E-state index is -0.302. The van der Waals surface area contributed by atoms with E-state index in [2.05, 4.69) is 5.32 Å². The number of nitrogens with zero attached hydrogens (tertiary/aromatic N) is 1. The Morgan fingerprint density at radius 1 is 1.14 bits per heavy atom. The first-order chi connectivity index (χ1) is 13.5. The van der Waals surface area contributed by atoms with Crippen molar-refractivity contribution in [1.29, 1.82) is 0 Å². The molecule has 1 saturated carbocycles. The summed E-state index contributed by atoms with van der Waals surface area (Å²) in [6, 6.07) is 7.91. The molecule has 0 radical (unpaired) electrons. The fourth-order valence-electron chi connectivity index (χ4n) is 3.74. The summed E-state index contributed by atoms with van der Waals surface area (Å²) < 4.78 is 0. The number of hydrogen-bond donors (Lipinski definition) is 1. The SMILES string of the molecule is CC(C(=O)NCCCN1C(=O)C=CC1=O)c1ccc(CC2CCCC2=O)cc1. The van der Waals surface area contributed by atoms with E-state index in [1.165, 1.54) is 17.1 Å². The smallest absolute Gasteiger partial charge is 0.253 e. The Bertz CT molecular complexity index is 779. The third-order valence-electron chi connectivity index (χ3n) is 5.54. The van der Waals surface area contributed by atoms with E-state index in [4.69, 9.17) is 0 Å². The second kappa shape index (κ2) is 8.95. The molecule has 2 aliphatic rings. The topological polar surface area (TPSA) is 83.6 Å². The lowest BCUT2D eigenvalue weighted by atomic mass is 9.94. The van der Waals surface area contributed by atoms with Crippen molar-refractivity contribution in [2.24, 2.45) is 5.92 Å². The van der Waals surface area contributed by atoms with Crippen LogP contribution in [-0.2, 0) is 25.6 Å². The average molecular weight is 382 g/mol. The van der Waals surface area contributed by atoms with Gasteiger partial charge in [0.05, 0.1) is 5.92 Å². The van der Waals surface area contributed by atoms with Crippen LogP contribution in [0.15, 0.2) is 36.4 Å². The van der Waals surface area contributed by atoms with Crippen LogP contribution in [0.5, 0.6) is 0 Å². The van der Waals surface area contributed by atoms with Crippen molar-refractivity contribution in [3.8, 4) is 0 Å². The van der Waals surface area contributed by atoms with Crippen molar-refractivity contribution in [2.45, 2.75) is 44.9 Å². The normalized spacial score (nSPS) is 20.1. The number of imide groups is 1. The molecule has 1 aromatic carbocycles. The van der Waals surface area contributed by atoms with Gasteiger partial charge in [0.25, 0.3) is 11.8 Å². The molecular formula is C22H26N2O4. The number of amides is 3. The van der Waals surface area contributed by atoms with Crippen LogP contribution in [0.1, 0.15) is 49.7 Å². The van der Waals surface area contributed by atoms with Gasteiger partial charge in [0, 0.05) is 37.6 Å². The molecule has 0 bridgehead atoms. The minimum Gasteiger partial charge on any atom is -0.356 e. The van der Waals surface area contributed by atoms with Gasteiger partial charge in [0.1, 0.15) is 5.78 Å². The molecule has 3 rings (SSSR count). The van der Waals surface area contributed by atoms with Gasteiger partial charge < -0.3 is 5.32 Å². The molecule has 0 saturated heterocycles. The lowest BCUT2D eigenvalue weighted by Crippen LogP contribution is -2.34. The van der Waals surface area contributed by atoms with Crippen molar-refractivity contribution in [1.82, 2.24) is 10.2 Å². The van der Waals surface area contributed by atoms with E-state index in [1.807, 2.05) is 31.2 Å². The van der Waals surface area contributed by atoms with E-state index in [1.54, 1.807) is 0 Å². The second-order valence-electron chi connectivity index (χ2n) is 7.53. The predicted octanol–water partition coefficient (Wildman–Crippen LogP) is 2.13. The Morgan fingerprint density at radius 3 is 2.43 bits per heavy atom. The van der Waals surface area contributed by atoms with Gasteiger partial charge in [-0.1, -0.05) is 24.3 Å². The fourth-order valence-corrected chi connectivity index (χ4v) is 3.74. The van der Waals surface area contributed by atoms with Crippen molar-refractivity contribution in [3.05, 3.63) is 47.5 Å². The highest BCUT2D eigenvalue weighted by Crippen LogP contribution is 2.26. The zero-order valence-electron chi connectivity index (χ0n) is 16.1. The number of Topliss-reactive ketones (excluding diaryl/α,β-unsaturated/α-hetero) is 1. The largest absolute Gasteiger partial charge is 0.356 e. The summed E-state index contributed by atoms with van der Waals surface area (Å²) in [7, 11) is 0. The molecule has 3 amide bonds. The lowest BCUT2D eigenvalue weighted by molar-refractivity contribution is -0.136. The molecule has 1 N–H and O–H groups in total. The number of hydrogen-bond acceptors (Lipinski definition) is 4. The number of ketones is 1. The summed E-state index contributed by atoms with van der Waals surface area (Å²) in [5.41, 5.74) is 2.05. The Morgan fingerprint density at radius 2 is 1.82 bits per heavy atom. The molecular weight excluding hydrogens is 356 g/mol. The predicted molar refractivity (Wildman–Crippen MR) is 104 cm³/mol. The number of benzene rings is 1. The van der Waals surface area contributed by atoms with Gasteiger partial charge in [-0.2, -0.15) is 0 Å². The summed E-state index contributed by atoms with van der Waals surface area (Å²) in [4.78, 5) is 48.3. The molecule has 1 aliphatic carbocycles. The molecule has 6 nitrogen and oxygen atoms in total. The molecule has 28 heavy (non-hydrogen) atoms. The van der Waals surface area contributed by atoms with E-state index in [-0.39, 0.29) is 29.6 Å². The Hall–Kier alpha value is -2.76. The van der Waals surface area contributed by atoms with Gasteiger partial charge in [0.2, 0.25) is 5.91 Å². The number of carbonyl (C=O) groups excluding carboxylic acids is 4. The van der Waals surface area contributed by atoms with Gasteiger partial charge >= 0.3 is 0 Å². The molecule has 1 heterocycles. The van der Waals surface area contributed by atoms with Crippen LogP contribution in [0.25, 0.3) is 0 Å². The van der Waals surface area contributed by atoms with Crippen LogP contribution in [0.4, 0.5) is 0 Å². The standard InChI is InChI=1S/C22H26N2O4/c1-15(22(28)23-12-3-13-24-20(26)10-11-21(24)27)17-8-6-16(7-9-17)14-18-4-2-5-19(18)25/h6-11,15,18H,2-5,12-14H2,1H3,(H,23,28). The maximum atomic E-state index is 12.4. The van der Waals surface area contributed by atoms with Gasteiger partial charge in [-0.05, 0) is 43.7 Å². The number of carbonyl (C=O) groups is 4. The molecule has 0 spiro atoms. The highest BCUT2D eigenvalue weighted by molar-refractivity contribution is 6.12. The van der Waals surface area contributed by atoms with Crippen LogP contribution >= 0.6 is 0 Å². The van der Waals surface area contributed by atoms with Crippen molar-refractivity contribution >= 4 is 23.5 Å². The Balaban J connectivity index is 1.43. The quantitative estimate of drug-likeness (QED) is 0.551. The van der Waals surface area contributed by atoms with Crippen molar-refractivity contribution < 1.29 is 19.2 Å². The first-order valence-electron chi connectivity index (χ1n) is 9.88. The molecule has 1 aliphatic heterocycles. The first-order valence-corrected chi connectivity index (χ1v) is 9.88. The van der Waals surface area contributed by atoms with E-state index in [9.17, 15) is 19.2 Å². The minimum absolute atomic E-state index is 0.0871. The van der Waals surface area contributed by atoms with Crippen LogP contribution < -0.4 is 5.32 Å². The summed E-state index contributed by atoms with van der Waals surface area (Å²) in [5, 5.41) is 2.86. The monoisotopic (exact) mass is 382 g/mol. The third-order valence-corrected chi connectivity index (χ3v) is 5.54. The molecule has 0 aromatic heterocycles. The molecule has 1 aromatic rings. The van der Waals surface area contributed by atoms with Crippen LogP contribution in [0, 0.1) is 5.92 Å². The molecule has 148 valence electrons. The zero-order valence-corrected chi connectivity index (χ0v) is 16.1. The Labute approximate surface area is 165 Å². The third kappa shape index (κ3) is 4.74. The molecule has 6 heteroatoms. The van der Waals surface area contributed by atoms with E-state index < -0.39 is 0 Å². The number of rotatable bonds is 8. The van der Waals surface area contributed by atoms with Gasteiger partial charge in [-0.3, -0.25) is 24.1 Å². The van der Waals surface area contributed by atoms with Gasteiger partial charge in [-0.25, -0.2) is 0 Å². The zero-order chi connectivity index (χ0) is 20.1. The van der Waals surface area contributed by atoms with Crippen LogP contribution in [-0.4, -0.2) is 41.5 Å². The van der Waals surface area contributed by atoms with E-state index >= 15 is 0 Å². The maximum Gasteiger partial charge on any atom is 0.253 e. The second-order valence-corrected chi connectivity index (χ2v) is 7.53. The average Bonchev–Trinajstić information content (AvgIpc) is 3.24. The summed E-state index contributed by atoms with van der Waals surface area (Å²) >= 11 is 0. The lowest BCUT2D eigenvalue weighted by Gasteiger charge is -2.16. The van der Waals surface area contributed by atoms with Crippen LogP contribution in [0.3, 0.4) is 0 Å². The summed E-state index contributed by atoms with van der Waals surface area (Å²) in [6.07, 6.45) is 6.50. The molecule has 2 unspecified atom stereocenters. The highest BCUT2D eigenvalue weighted by Gasteiger charge is 2.25. The van der Waals surface area contributed by atoms with E-state index in [0.29, 0.717) is 31.7 Å². The summed E-state index contributed by atoms with van der Waals surface area (Å²) in [5.74, 6) is -0.468. The summed E-state index contributed by atoms with van der Waals surface area (Å²) in [6.45, 7) is 2.55. The van der Waals surface area contributed by atoms with Gasteiger partial charge in [-0.15, -0.1) is 0 Å². The van der Waals surface area contributed by atoms with E-state index in [0.717, 1.165) is 30.4 Å². The highest BCUT2D eigenvalue weighted by atomic mass is 16.2. The van der Waals surface area contributed by atoms with Crippen molar-refractivity contribution in [3.63, 3.8) is 0 Å².